The predicted octanol–water partition coefficient (Wildman–Crippen LogP) is 3.00. The minimum atomic E-state index is 0.762. The summed E-state index contributed by atoms with van der Waals surface area (Å²) in [5, 5.41) is 6.40. The lowest BCUT2D eigenvalue weighted by Crippen LogP contribution is -2.06. The van der Waals surface area contributed by atoms with Crippen LogP contribution in [0.3, 0.4) is 0 Å². The zero-order valence-corrected chi connectivity index (χ0v) is 11.7. The van der Waals surface area contributed by atoms with Crippen LogP contribution in [-0.2, 0) is 13.0 Å². The lowest BCUT2D eigenvalue weighted by molar-refractivity contribution is 1.00. The molecule has 0 saturated heterocycles. The molecule has 4 nitrogen and oxygen atoms in total. The quantitative estimate of drug-likeness (QED) is 0.863. The van der Waals surface area contributed by atoms with Gasteiger partial charge in [0.05, 0.1) is 0 Å². The van der Waals surface area contributed by atoms with Gasteiger partial charge in [0, 0.05) is 19.7 Å². The van der Waals surface area contributed by atoms with Gasteiger partial charge in [-0.15, -0.1) is 0 Å². The maximum Gasteiger partial charge on any atom is 0.132 e. The Kier molecular flexibility index (Phi) is 4.34. The van der Waals surface area contributed by atoms with Gasteiger partial charge in [-0.2, -0.15) is 0 Å². The molecule has 0 fully saturated rings. The second-order valence-corrected chi connectivity index (χ2v) is 4.41. The van der Waals surface area contributed by atoms with Crippen LogP contribution in [0.15, 0.2) is 30.3 Å². The molecule has 0 saturated carbocycles. The molecule has 19 heavy (non-hydrogen) atoms. The first-order chi connectivity index (χ1) is 9.22. The molecule has 0 spiro atoms. The average molecular weight is 256 g/mol. The number of nitrogens with zero attached hydrogens (tertiary/aromatic N) is 2. The minimum absolute atomic E-state index is 0.762. The molecule has 0 aliphatic rings. The molecular weight excluding hydrogens is 236 g/mol. The second-order valence-electron chi connectivity index (χ2n) is 4.41. The molecular formula is C15H20N4. The lowest BCUT2D eigenvalue weighted by atomic mass is 10.1. The molecule has 100 valence electrons. The molecule has 0 aliphatic heterocycles. The van der Waals surface area contributed by atoms with Crippen LogP contribution < -0.4 is 10.6 Å². The highest BCUT2D eigenvalue weighted by Crippen LogP contribution is 2.14. The monoisotopic (exact) mass is 256 g/mol. The number of hydrogen-bond acceptors (Lipinski definition) is 4. The second kappa shape index (κ2) is 6.18. The summed E-state index contributed by atoms with van der Waals surface area (Å²) in [5.41, 5.74) is 2.68. The van der Waals surface area contributed by atoms with E-state index >= 15 is 0 Å². The van der Waals surface area contributed by atoms with Crippen LogP contribution in [0.25, 0.3) is 0 Å². The Morgan fingerprint density at radius 2 is 1.74 bits per heavy atom. The number of aromatic nitrogens is 2. The lowest BCUT2D eigenvalue weighted by Gasteiger charge is -2.11. The number of nitrogens with one attached hydrogen (secondary N) is 2. The van der Waals surface area contributed by atoms with E-state index in [9.17, 15) is 0 Å². The third kappa shape index (κ3) is 3.44. The zero-order chi connectivity index (χ0) is 13.7. The van der Waals surface area contributed by atoms with E-state index in [1.54, 1.807) is 0 Å². The normalized spacial score (nSPS) is 10.3. The van der Waals surface area contributed by atoms with Gasteiger partial charge in [-0.3, -0.25) is 0 Å². The topological polar surface area (TPSA) is 49.8 Å². The van der Waals surface area contributed by atoms with E-state index in [0.29, 0.717) is 0 Å². The van der Waals surface area contributed by atoms with Gasteiger partial charge in [0.25, 0.3) is 0 Å². The van der Waals surface area contributed by atoms with Crippen molar-refractivity contribution in [3.8, 4) is 0 Å². The molecule has 0 amide bonds. The molecule has 0 bridgehead atoms. The van der Waals surface area contributed by atoms with Crippen molar-refractivity contribution in [2.75, 3.05) is 17.7 Å². The van der Waals surface area contributed by atoms with Crippen molar-refractivity contribution in [1.29, 1.82) is 0 Å². The van der Waals surface area contributed by atoms with Crippen LogP contribution in [0.5, 0.6) is 0 Å². The molecule has 0 radical (unpaired) electrons. The standard InChI is InChI=1S/C15H20N4/c1-4-12-7-5-6-8-13(12)10-17-15-9-14(16-3)18-11(2)19-15/h5-9H,4,10H2,1-3H3,(H2,16,17,18,19). The van der Waals surface area contributed by atoms with Crippen molar-refractivity contribution in [2.45, 2.75) is 26.8 Å². The first-order valence-corrected chi connectivity index (χ1v) is 6.57. The van der Waals surface area contributed by atoms with E-state index in [0.717, 1.165) is 30.4 Å². The van der Waals surface area contributed by atoms with Crippen LogP contribution in [0, 0.1) is 6.92 Å². The molecule has 1 heterocycles. The van der Waals surface area contributed by atoms with Gasteiger partial charge < -0.3 is 10.6 Å². The number of benzene rings is 1. The van der Waals surface area contributed by atoms with E-state index in [1.165, 1.54) is 11.1 Å². The zero-order valence-electron chi connectivity index (χ0n) is 11.7. The van der Waals surface area contributed by atoms with Crippen molar-refractivity contribution >= 4 is 11.6 Å². The molecule has 0 atom stereocenters. The Labute approximate surface area is 114 Å². The van der Waals surface area contributed by atoms with Crippen LogP contribution >= 0.6 is 0 Å². The maximum absolute atomic E-state index is 4.39. The fourth-order valence-corrected chi connectivity index (χ4v) is 2.05. The highest BCUT2D eigenvalue weighted by molar-refractivity contribution is 5.47. The summed E-state index contributed by atoms with van der Waals surface area (Å²) >= 11 is 0. The van der Waals surface area contributed by atoms with E-state index in [2.05, 4.69) is 51.8 Å². The van der Waals surface area contributed by atoms with Crippen LogP contribution in [-0.4, -0.2) is 17.0 Å². The summed E-state index contributed by atoms with van der Waals surface area (Å²) in [4.78, 5) is 8.67. The summed E-state index contributed by atoms with van der Waals surface area (Å²) < 4.78 is 0. The molecule has 2 aromatic rings. The highest BCUT2D eigenvalue weighted by atomic mass is 15.1. The number of anilines is 2. The molecule has 0 aliphatic carbocycles. The average Bonchev–Trinajstić information content (AvgIpc) is 2.44. The highest BCUT2D eigenvalue weighted by Gasteiger charge is 2.02. The minimum Gasteiger partial charge on any atom is -0.373 e. The van der Waals surface area contributed by atoms with Crippen molar-refractivity contribution in [3.05, 3.63) is 47.3 Å². The van der Waals surface area contributed by atoms with Gasteiger partial charge in [-0.25, -0.2) is 9.97 Å². The molecule has 2 rings (SSSR count). The Balaban J connectivity index is 2.12. The summed E-state index contributed by atoms with van der Waals surface area (Å²) in [6.45, 7) is 4.85. The first-order valence-electron chi connectivity index (χ1n) is 6.57. The van der Waals surface area contributed by atoms with E-state index in [1.807, 2.05) is 20.0 Å². The van der Waals surface area contributed by atoms with Crippen LogP contribution in [0.2, 0.25) is 0 Å². The van der Waals surface area contributed by atoms with Crippen LogP contribution in [0.1, 0.15) is 23.9 Å². The van der Waals surface area contributed by atoms with Crippen molar-refractivity contribution < 1.29 is 0 Å². The Morgan fingerprint density at radius 1 is 1.05 bits per heavy atom. The third-order valence-corrected chi connectivity index (χ3v) is 3.05. The number of hydrogen-bond donors (Lipinski definition) is 2. The molecule has 4 heteroatoms. The van der Waals surface area contributed by atoms with Gasteiger partial charge in [-0.05, 0) is 24.5 Å². The Morgan fingerprint density at radius 3 is 2.42 bits per heavy atom. The molecule has 1 aromatic carbocycles. The summed E-state index contributed by atoms with van der Waals surface area (Å²) in [6.07, 6.45) is 1.04. The van der Waals surface area contributed by atoms with Crippen molar-refractivity contribution in [2.24, 2.45) is 0 Å². The fourth-order valence-electron chi connectivity index (χ4n) is 2.05. The van der Waals surface area contributed by atoms with Gasteiger partial charge in [0.15, 0.2) is 0 Å². The van der Waals surface area contributed by atoms with Gasteiger partial charge in [-0.1, -0.05) is 31.2 Å². The van der Waals surface area contributed by atoms with Crippen molar-refractivity contribution in [1.82, 2.24) is 9.97 Å². The van der Waals surface area contributed by atoms with Gasteiger partial charge >= 0.3 is 0 Å². The van der Waals surface area contributed by atoms with E-state index < -0.39 is 0 Å². The number of rotatable bonds is 5. The van der Waals surface area contributed by atoms with E-state index in [4.69, 9.17) is 0 Å². The fraction of sp³-hybridized carbons (Fsp3) is 0.333. The van der Waals surface area contributed by atoms with Gasteiger partial charge in [0.1, 0.15) is 17.5 Å². The summed E-state index contributed by atoms with van der Waals surface area (Å²) in [5.74, 6) is 2.44. The SMILES string of the molecule is CCc1ccccc1CNc1cc(NC)nc(C)n1. The number of aryl methyl sites for hydroxylation is 2. The molecule has 1 aromatic heterocycles. The van der Waals surface area contributed by atoms with Crippen LogP contribution in [0.4, 0.5) is 11.6 Å². The van der Waals surface area contributed by atoms with E-state index in [-0.39, 0.29) is 0 Å². The Hall–Kier alpha value is -2.10. The largest absolute Gasteiger partial charge is 0.373 e. The molecule has 2 N–H and O–H groups in total. The summed E-state index contributed by atoms with van der Waals surface area (Å²) in [7, 11) is 1.86. The molecule has 0 unspecified atom stereocenters. The maximum atomic E-state index is 4.39. The summed E-state index contributed by atoms with van der Waals surface area (Å²) in [6, 6.07) is 10.4. The smallest absolute Gasteiger partial charge is 0.132 e. The first kappa shape index (κ1) is 13.3. The predicted molar refractivity (Wildman–Crippen MR) is 79.5 cm³/mol. The third-order valence-electron chi connectivity index (χ3n) is 3.05. The van der Waals surface area contributed by atoms with Gasteiger partial charge in [0.2, 0.25) is 0 Å². The van der Waals surface area contributed by atoms with Crippen molar-refractivity contribution in [3.63, 3.8) is 0 Å². The Bertz CT molecular complexity index is 552.